The predicted octanol–water partition coefficient (Wildman–Crippen LogP) is 14.3. The van der Waals surface area contributed by atoms with Gasteiger partial charge in [0, 0.05) is 35.4 Å². The van der Waals surface area contributed by atoms with Gasteiger partial charge in [-0.2, -0.15) is 5.26 Å². The molecule has 66 heavy (non-hydrogen) atoms. The van der Waals surface area contributed by atoms with Crippen LogP contribution in [0.2, 0.25) is 0 Å². The van der Waals surface area contributed by atoms with E-state index in [1.165, 1.54) is 44.5 Å². The van der Waals surface area contributed by atoms with Gasteiger partial charge in [0.25, 0.3) is 0 Å². The standard InChI is InChI=1S/C61H39N5/c62-37-45-46(41-17-2-1-3-18-41)39-64-40-47(45)42-32-34-43(35-33-42)65-56-28-12-8-24-52(56)60(53-25-9-13-29-57(53)65)48-20-4-6-22-50(48)61(51-23-7-5-21-49(51)60)54-26-10-14-30-58(54)66(44-19-16-36-63-38-44)59-31-15-11-27-55(59)61/h1-36,38-40H. The number of hydrogen-bond donors (Lipinski definition) is 0. The van der Waals surface area contributed by atoms with Crippen LogP contribution in [0.25, 0.3) is 22.3 Å². The molecular weight excluding hydrogens is 803 g/mol. The maximum atomic E-state index is 10.5. The second kappa shape index (κ2) is 14.6. The minimum absolute atomic E-state index is 0.611. The van der Waals surface area contributed by atoms with Gasteiger partial charge >= 0.3 is 0 Å². The number of hydrogen-bond acceptors (Lipinski definition) is 5. The molecule has 0 atom stereocenters. The van der Waals surface area contributed by atoms with E-state index in [0.717, 1.165) is 56.4 Å². The second-order valence-corrected chi connectivity index (χ2v) is 17.2. The Kier molecular flexibility index (Phi) is 8.34. The number of pyridine rings is 2. The van der Waals surface area contributed by atoms with Crippen LogP contribution in [0.5, 0.6) is 0 Å². The molecule has 308 valence electrons. The van der Waals surface area contributed by atoms with Gasteiger partial charge in [0.05, 0.1) is 51.0 Å². The molecule has 3 aliphatic rings. The summed E-state index contributed by atoms with van der Waals surface area (Å²) in [5.41, 5.74) is 19.3. The van der Waals surface area contributed by atoms with Crippen molar-refractivity contribution >= 4 is 34.1 Å². The van der Waals surface area contributed by atoms with Crippen LogP contribution >= 0.6 is 0 Å². The monoisotopic (exact) mass is 841 g/mol. The summed E-state index contributed by atoms with van der Waals surface area (Å²) in [5.74, 6) is 0. The molecule has 2 aliphatic heterocycles. The highest BCUT2D eigenvalue weighted by Gasteiger charge is 2.58. The molecule has 1 aliphatic carbocycles. The van der Waals surface area contributed by atoms with Gasteiger partial charge in [-0.3, -0.25) is 9.97 Å². The Morgan fingerprint density at radius 2 is 0.712 bits per heavy atom. The normalized spacial score (nSPS) is 14.2. The van der Waals surface area contributed by atoms with Crippen LogP contribution in [0, 0.1) is 11.3 Å². The summed E-state index contributed by atoms with van der Waals surface area (Å²) in [6.07, 6.45) is 7.39. The van der Waals surface area contributed by atoms with Crippen molar-refractivity contribution in [3.63, 3.8) is 0 Å². The Morgan fingerprint density at radius 1 is 0.333 bits per heavy atom. The molecule has 0 unspecified atom stereocenters. The number of fused-ring (bicyclic) bond motifs is 14. The Morgan fingerprint density at radius 3 is 1.12 bits per heavy atom. The molecule has 0 fully saturated rings. The quantitative estimate of drug-likeness (QED) is 0.177. The highest BCUT2D eigenvalue weighted by Crippen LogP contribution is 2.67. The van der Waals surface area contributed by atoms with E-state index < -0.39 is 10.8 Å². The van der Waals surface area contributed by atoms with Crippen molar-refractivity contribution in [2.24, 2.45) is 0 Å². The summed E-state index contributed by atoms with van der Waals surface area (Å²) < 4.78 is 0. The highest BCUT2D eigenvalue weighted by atomic mass is 15.2. The van der Waals surface area contributed by atoms with E-state index >= 15 is 0 Å². The smallest absolute Gasteiger partial charge is 0.101 e. The van der Waals surface area contributed by atoms with E-state index in [9.17, 15) is 5.26 Å². The number of para-hydroxylation sites is 4. The largest absolute Gasteiger partial charge is 0.310 e. The molecule has 0 N–H and O–H groups in total. The maximum Gasteiger partial charge on any atom is 0.101 e. The Bertz CT molecular complexity index is 3430. The lowest BCUT2D eigenvalue weighted by molar-refractivity contribution is 0.607. The zero-order chi connectivity index (χ0) is 43.8. The third-order valence-electron chi connectivity index (χ3n) is 14.1. The molecule has 0 amide bonds. The van der Waals surface area contributed by atoms with E-state index in [-0.39, 0.29) is 0 Å². The van der Waals surface area contributed by atoms with Crippen LogP contribution in [-0.4, -0.2) is 9.97 Å². The van der Waals surface area contributed by atoms with Crippen LogP contribution in [0.3, 0.4) is 0 Å². The molecule has 0 bridgehead atoms. The molecule has 5 heteroatoms. The molecule has 5 nitrogen and oxygen atoms in total. The van der Waals surface area contributed by atoms with Crippen LogP contribution in [-0.2, 0) is 10.8 Å². The van der Waals surface area contributed by atoms with E-state index in [4.69, 9.17) is 0 Å². The number of nitrogens with zero attached hydrogens (tertiary/aromatic N) is 5. The Hall–Kier alpha value is -8.85. The number of rotatable bonds is 4. The molecular formula is C61H39N5. The maximum absolute atomic E-state index is 10.5. The van der Waals surface area contributed by atoms with Crippen LogP contribution in [0.1, 0.15) is 50.1 Å². The minimum Gasteiger partial charge on any atom is -0.310 e. The van der Waals surface area contributed by atoms with Gasteiger partial charge in [0.1, 0.15) is 6.07 Å². The fraction of sp³-hybridized carbons (Fsp3) is 0.0328. The van der Waals surface area contributed by atoms with Gasteiger partial charge in [0.2, 0.25) is 0 Å². The summed E-state index contributed by atoms with van der Waals surface area (Å²) in [6.45, 7) is 0. The van der Waals surface area contributed by atoms with Crippen molar-refractivity contribution in [3.05, 3.63) is 287 Å². The number of anilines is 6. The van der Waals surface area contributed by atoms with Gasteiger partial charge in [-0.15, -0.1) is 0 Å². The van der Waals surface area contributed by atoms with Crippen molar-refractivity contribution in [2.45, 2.75) is 10.8 Å². The first-order valence-corrected chi connectivity index (χ1v) is 22.4. The summed E-state index contributed by atoms with van der Waals surface area (Å²) in [7, 11) is 0. The van der Waals surface area contributed by atoms with E-state index in [0.29, 0.717) is 5.56 Å². The Labute approximate surface area is 383 Å². The van der Waals surface area contributed by atoms with Crippen molar-refractivity contribution in [3.8, 4) is 28.3 Å². The van der Waals surface area contributed by atoms with Crippen molar-refractivity contribution < 1.29 is 0 Å². The molecule has 8 aromatic carbocycles. The van der Waals surface area contributed by atoms with Crippen LogP contribution in [0.4, 0.5) is 34.1 Å². The molecule has 2 spiro atoms. The van der Waals surface area contributed by atoms with Crippen LogP contribution < -0.4 is 9.80 Å². The first-order valence-electron chi connectivity index (χ1n) is 22.4. The lowest BCUT2D eigenvalue weighted by Gasteiger charge is -2.56. The number of benzene rings is 8. The lowest BCUT2D eigenvalue weighted by atomic mass is 9.49. The van der Waals surface area contributed by atoms with Crippen molar-refractivity contribution in [1.29, 1.82) is 5.26 Å². The van der Waals surface area contributed by atoms with Crippen molar-refractivity contribution in [2.75, 3.05) is 9.80 Å². The minimum atomic E-state index is -0.683. The molecule has 13 rings (SSSR count). The lowest BCUT2D eigenvalue weighted by Crippen LogP contribution is -2.49. The van der Waals surface area contributed by atoms with Crippen LogP contribution in [0.15, 0.2) is 237 Å². The molecule has 0 saturated carbocycles. The SMILES string of the molecule is N#Cc1c(-c2ccccc2)cncc1-c1ccc(N2c3ccccc3C3(c4ccccc42)c2ccccc2C2(c4ccccc4N(c4cccnc4)c4ccccc42)c2ccccc23)cc1. The van der Waals surface area contributed by atoms with Crippen molar-refractivity contribution in [1.82, 2.24) is 9.97 Å². The molecule has 4 heterocycles. The van der Waals surface area contributed by atoms with Gasteiger partial charge < -0.3 is 9.80 Å². The second-order valence-electron chi connectivity index (χ2n) is 17.2. The van der Waals surface area contributed by atoms with Gasteiger partial charge in [-0.25, -0.2) is 0 Å². The summed E-state index contributed by atoms with van der Waals surface area (Å²) >= 11 is 0. The molecule has 0 radical (unpaired) electrons. The first-order chi connectivity index (χ1) is 32.7. The summed E-state index contributed by atoms with van der Waals surface area (Å²) in [4.78, 5) is 14.0. The average molecular weight is 842 g/mol. The summed E-state index contributed by atoms with van der Waals surface area (Å²) in [6, 6.07) is 79.5. The summed E-state index contributed by atoms with van der Waals surface area (Å²) in [5, 5.41) is 10.5. The third kappa shape index (κ3) is 5.04. The number of nitriles is 1. The van der Waals surface area contributed by atoms with Gasteiger partial charge in [-0.1, -0.05) is 164 Å². The molecule has 2 aromatic heterocycles. The first kappa shape index (κ1) is 37.7. The van der Waals surface area contributed by atoms with E-state index in [1.807, 2.05) is 48.8 Å². The molecule has 10 aromatic rings. The third-order valence-corrected chi connectivity index (χ3v) is 14.1. The fourth-order valence-corrected chi connectivity index (χ4v) is 11.7. The molecule has 0 saturated heterocycles. The van der Waals surface area contributed by atoms with E-state index in [1.54, 1.807) is 12.4 Å². The van der Waals surface area contributed by atoms with Gasteiger partial charge in [0.15, 0.2) is 0 Å². The zero-order valence-corrected chi connectivity index (χ0v) is 35.8. The highest BCUT2D eigenvalue weighted by molar-refractivity contribution is 5.95. The fourth-order valence-electron chi connectivity index (χ4n) is 11.7. The van der Waals surface area contributed by atoms with Gasteiger partial charge in [-0.05, 0) is 104 Å². The predicted molar refractivity (Wildman–Crippen MR) is 264 cm³/mol. The van der Waals surface area contributed by atoms with E-state index in [2.05, 4.69) is 202 Å². The average Bonchev–Trinajstić information content (AvgIpc) is 3.40. The topological polar surface area (TPSA) is 56.1 Å². The Balaban J connectivity index is 1.04. The zero-order valence-electron chi connectivity index (χ0n) is 35.8. The number of aromatic nitrogens is 2.